The Morgan fingerprint density at radius 1 is 1.23 bits per heavy atom. The average molecular weight is 427 g/mol. The number of fused-ring (bicyclic) bond motifs is 3. The summed E-state index contributed by atoms with van der Waals surface area (Å²) in [5.41, 5.74) is 0.0236. The molecule has 0 atom stereocenters. The zero-order valence-electron chi connectivity index (χ0n) is 14.6. The van der Waals surface area contributed by atoms with E-state index in [0.717, 1.165) is 62.3 Å². The molecule has 0 amide bonds. The lowest BCUT2D eigenvalue weighted by atomic mass is 9.53. The van der Waals surface area contributed by atoms with Gasteiger partial charge < -0.3 is 9.84 Å². The second kappa shape index (κ2) is 6.25. The topological polar surface area (TPSA) is 63.8 Å². The minimum Gasteiger partial charge on any atom is -0.369 e. The Morgan fingerprint density at radius 2 is 1.92 bits per heavy atom. The first-order valence-electron chi connectivity index (χ1n) is 8.88. The van der Waals surface area contributed by atoms with Gasteiger partial charge in [-0.15, -0.1) is 0 Å². The molecule has 0 spiro atoms. The monoisotopic (exact) mass is 426 g/mol. The predicted octanol–water partition coefficient (Wildman–Crippen LogP) is 5.04. The third-order valence-corrected chi connectivity index (χ3v) is 6.54. The van der Waals surface area contributed by atoms with Crippen molar-refractivity contribution in [1.29, 1.82) is 0 Å². The van der Waals surface area contributed by atoms with Gasteiger partial charge in [-0.05, 0) is 56.1 Å². The molecule has 3 aliphatic carbocycles. The fraction of sp³-hybridized carbons (Fsp3) is 0.611. The fourth-order valence-electron chi connectivity index (χ4n) is 4.26. The molecule has 0 aromatic carbocycles. The maximum atomic E-state index is 13.4. The van der Waals surface area contributed by atoms with Gasteiger partial charge in [0.15, 0.2) is 5.82 Å². The van der Waals surface area contributed by atoms with Crippen LogP contribution in [0.15, 0.2) is 27.3 Å². The lowest BCUT2D eigenvalue weighted by Crippen LogP contribution is -2.47. The van der Waals surface area contributed by atoms with Crippen LogP contribution in [0.3, 0.4) is 0 Å². The Morgan fingerprint density at radius 3 is 2.50 bits per heavy atom. The first-order valence-corrected chi connectivity index (χ1v) is 9.68. The molecule has 0 unspecified atom stereocenters. The van der Waals surface area contributed by atoms with E-state index in [4.69, 9.17) is 4.52 Å². The van der Waals surface area contributed by atoms with E-state index < -0.39 is 11.8 Å². The first kappa shape index (κ1) is 17.8. The number of hydrogen-bond acceptors (Lipinski definition) is 5. The van der Waals surface area contributed by atoms with Crippen LogP contribution >= 0.6 is 15.9 Å². The number of halogens is 3. The summed E-state index contributed by atoms with van der Waals surface area (Å²) in [6.45, 7) is 1.66. The molecule has 1 N–H and O–H groups in total. The molecule has 140 valence electrons. The number of nitrogens with zero attached hydrogens (tertiary/aromatic N) is 3. The van der Waals surface area contributed by atoms with Crippen molar-refractivity contribution in [2.45, 2.75) is 56.8 Å². The normalized spacial score (nSPS) is 28.3. The zero-order valence-corrected chi connectivity index (χ0v) is 16.2. The van der Waals surface area contributed by atoms with Crippen molar-refractivity contribution in [3.63, 3.8) is 0 Å². The minimum absolute atomic E-state index is 0.206. The number of anilines is 1. The van der Waals surface area contributed by atoms with Crippen LogP contribution < -0.4 is 5.32 Å². The van der Waals surface area contributed by atoms with Crippen LogP contribution in [0.1, 0.15) is 57.2 Å². The van der Waals surface area contributed by atoms with E-state index in [1.807, 2.05) is 12.1 Å². The van der Waals surface area contributed by atoms with Gasteiger partial charge in [0.1, 0.15) is 5.82 Å². The van der Waals surface area contributed by atoms with Crippen LogP contribution in [0.5, 0.6) is 0 Å². The molecular weight excluding hydrogens is 406 g/mol. The largest absolute Gasteiger partial charge is 0.369 e. The maximum Gasteiger partial charge on any atom is 0.322 e. The van der Waals surface area contributed by atoms with Crippen molar-refractivity contribution < 1.29 is 13.3 Å². The van der Waals surface area contributed by atoms with E-state index in [9.17, 15) is 8.78 Å². The Hall–Kier alpha value is -1.57. The van der Waals surface area contributed by atoms with E-state index in [1.165, 1.54) is 0 Å². The van der Waals surface area contributed by atoms with Crippen LogP contribution in [0.2, 0.25) is 0 Å². The van der Waals surface area contributed by atoms with Crippen molar-refractivity contribution in [3.8, 4) is 0 Å². The first-order chi connectivity index (χ1) is 12.3. The van der Waals surface area contributed by atoms with Crippen LogP contribution in [-0.4, -0.2) is 21.7 Å². The van der Waals surface area contributed by atoms with Gasteiger partial charge in [-0.25, -0.2) is 4.98 Å². The van der Waals surface area contributed by atoms with E-state index in [-0.39, 0.29) is 10.8 Å². The summed E-state index contributed by atoms with van der Waals surface area (Å²) in [6, 6.07) is 3.87. The SMILES string of the molecule is CC(F)(F)c1nc(C23CCC(CNc4cc(Br)ccn4)(CC2)CC3)no1. The third kappa shape index (κ3) is 3.23. The molecule has 0 aliphatic heterocycles. The molecule has 5 rings (SSSR count). The van der Waals surface area contributed by atoms with E-state index >= 15 is 0 Å². The summed E-state index contributed by atoms with van der Waals surface area (Å²) in [7, 11) is 0. The van der Waals surface area contributed by atoms with Gasteiger partial charge in [0, 0.05) is 29.6 Å². The highest BCUT2D eigenvalue weighted by atomic mass is 79.9. The van der Waals surface area contributed by atoms with E-state index in [0.29, 0.717) is 5.82 Å². The van der Waals surface area contributed by atoms with E-state index in [2.05, 4.69) is 36.4 Å². The van der Waals surface area contributed by atoms with E-state index in [1.54, 1.807) is 6.20 Å². The van der Waals surface area contributed by atoms with Crippen molar-refractivity contribution >= 4 is 21.7 Å². The van der Waals surface area contributed by atoms with Crippen molar-refractivity contribution in [1.82, 2.24) is 15.1 Å². The number of hydrogen-bond donors (Lipinski definition) is 1. The fourth-order valence-corrected chi connectivity index (χ4v) is 4.60. The Bertz CT molecular complexity index is 780. The minimum atomic E-state index is -3.09. The molecule has 3 fully saturated rings. The third-order valence-electron chi connectivity index (χ3n) is 6.04. The van der Waals surface area contributed by atoms with Gasteiger partial charge >= 0.3 is 5.92 Å². The summed E-state index contributed by atoms with van der Waals surface area (Å²) in [6.07, 6.45) is 7.59. The zero-order chi connectivity index (χ0) is 18.4. The van der Waals surface area contributed by atoms with Crippen LogP contribution in [0.4, 0.5) is 14.6 Å². The molecule has 2 aromatic heterocycles. The van der Waals surface area contributed by atoms with Crippen molar-refractivity contribution in [3.05, 3.63) is 34.5 Å². The Labute approximate surface area is 159 Å². The second-order valence-electron chi connectivity index (χ2n) is 7.80. The number of pyridine rings is 1. The van der Waals surface area contributed by atoms with Gasteiger partial charge in [0.25, 0.3) is 5.89 Å². The Balaban J connectivity index is 1.44. The van der Waals surface area contributed by atoms with Crippen LogP contribution in [0.25, 0.3) is 0 Å². The summed E-state index contributed by atoms with van der Waals surface area (Å²) in [5, 5.41) is 7.36. The molecular formula is C18H21BrF2N4O. The molecule has 0 radical (unpaired) electrons. The number of aromatic nitrogens is 3. The molecule has 8 heteroatoms. The molecule has 2 aromatic rings. The highest BCUT2D eigenvalue weighted by molar-refractivity contribution is 9.10. The second-order valence-corrected chi connectivity index (χ2v) is 8.72. The lowest BCUT2D eigenvalue weighted by Gasteiger charge is -2.52. The maximum absolute atomic E-state index is 13.4. The van der Waals surface area contributed by atoms with Gasteiger partial charge in [0.05, 0.1) is 0 Å². The van der Waals surface area contributed by atoms with Gasteiger partial charge in [0.2, 0.25) is 0 Å². The molecule has 3 aliphatic rings. The number of alkyl halides is 2. The molecule has 3 saturated carbocycles. The molecule has 2 bridgehead atoms. The Kier molecular flexibility index (Phi) is 4.28. The molecule has 2 heterocycles. The number of rotatable bonds is 5. The lowest BCUT2D eigenvalue weighted by molar-refractivity contribution is -0.0158. The predicted molar refractivity (Wildman–Crippen MR) is 96.1 cm³/mol. The van der Waals surface area contributed by atoms with Crippen LogP contribution in [-0.2, 0) is 11.3 Å². The van der Waals surface area contributed by atoms with Gasteiger partial charge in [-0.3, -0.25) is 0 Å². The standard InChI is InChI=1S/C18H21BrF2N4O/c1-16(20,21)15-24-14(25-26-15)18-6-3-17(4-7-18,5-8-18)11-23-13-10-12(19)2-9-22-13/h2,9-10H,3-8,11H2,1H3,(H,22,23). The van der Waals surface area contributed by atoms with Crippen molar-refractivity contribution in [2.24, 2.45) is 5.41 Å². The van der Waals surface area contributed by atoms with Gasteiger partial charge in [-0.1, -0.05) is 21.1 Å². The highest BCUT2D eigenvalue weighted by Gasteiger charge is 2.52. The summed E-state index contributed by atoms with van der Waals surface area (Å²) in [4.78, 5) is 8.38. The summed E-state index contributed by atoms with van der Waals surface area (Å²) in [5.74, 6) is -2.34. The number of nitrogens with one attached hydrogen (secondary N) is 1. The summed E-state index contributed by atoms with van der Waals surface area (Å²) >= 11 is 3.46. The van der Waals surface area contributed by atoms with Crippen molar-refractivity contribution in [2.75, 3.05) is 11.9 Å². The summed E-state index contributed by atoms with van der Waals surface area (Å²) < 4.78 is 32.7. The molecule has 26 heavy (non-hydrogen) atoms. The van der Waals surface area contributed by atoms with Gasteiger partial charge in [-0.2, -0.15) is 13.8 Å². The quantitative estimate of drug-likeness (QED) is 0.724. The highest BCUT2D eigenvalue weighted by Crippen LogP contribution is 2.57. The van der Waals surface area contributed by atoms with Crippen LogP contribution in [0, 0.1) is 5.41 Å². The average Bonchev–Trinajstić information content (AvgIpc) is 3.13. The molecule has 5 nitrogen and oxygen atoms in total. The molecule has 0 saturated heterocycles. The smallest absolute Gasteiger partial charge is 0.322 e.